The van der Waals surface area contributed by atoms with Gasteiger partial charge in [0.2, 0.25) is 16.0 Å². The lowest BCUT2D eigenvalue weighted by molar-refractivity contribution is 0.582. The summed E-state index contributed by atoms with van der Waals surface area (Å²) in [5.74, 6) is 0.311. The number of H-pyrrole nitrogens is 1. The second kappa shape index (κ2) is 6.95. The van der Waals surface area contributed by atoms with Crippen molar-refractivity contribution in [2.45, 2.75) is 18.7 Å². The second-order valence-corrected chi connectivity index (χ2v) is 8.73. The SMILES string of the molecule is Cc1cc(S(=O)(=O)NCCNc2nc3ccccc3c(=O)[nH]2)c(C)s1. The van der Waals surface area contributed by atoms with E-state index in [1.54, 1.807) is 37.3 Å². The van der Waals surface area contributed by atoms with E-state index in [-0.39, 0.29) is 12.1 Å². The van der Waals surface area contributed by atoms with Gasteiger partial charge in [0, 0.05) is 22.8 Å². The van der Waals surface area contributed by atoms with Gasteiger partial charge in [-0.3, -0.25) is 9.78 Å². The van der Waals surface area contributed by atoms with Crippen molar-refractivity contribution in [2.24, 2.45) is 0 Å². The molecule has 0 saturated heterocycles. The Kier molecular flexibility index (Phi) is 4.89. The zero-order chi connectivity index (χ0) is 18.0. The van der Waals surface area contributed by atoms with Crippen LogP contribution in [0.25, 0.3) is 10.9 Å². The van der Waals surface area contributed by atoms with Crippen molar-refractivity contribution >= 4 is 38.2 Å². The molecule has 25 heavy (non-hydrogen) atoms. The van der Waals surface area contributed by atoms with Crippen LogP contribution in [0.2, 0.25) is 0 Å². The Hall–Kier alpha value is -2.23. The molecule has 0 aliphatic rings. The van der Waals surface area contributed by atoms with Crippen LogP contribution in [0.5, 0.6) is 0 Å². The van der Waals surface area contributed by atoms with Crippen LogP contribution in [0.1, 0.15) is 9.75 Å². The number of nitrogens with one attached hydrogen (secondary N) is 3. The van der Waals surface area contributed by atoms with Crippen molar-refractivity contribution in [2.75, 3.05) is 18.4 Å². The van der Waals surface area contributed by atoms with Crippen molar-refractivity contribution < 1.29 is 8.42 Å². The maximum Gasteiger partial charge on any atom is 0.260 e. The lowest BCUT2D eigenvalue weighted by Gasteiger charge is -2.08. The van der Waals surface area contributed by atoms with Crippen LogP contribution >= 0.6 is 11.3 Å². The number of rotatable bonds is 6. The van der Waals surface area contributed by atoms with E-state index in [1.807, 2.05) is 6.92 Å². The first-order chi connectivity index (χ1) is 11.9. The van der Waals surface area contributed by atoms with Gasteiger partial charge in [-0.05, 0) is 32.0 Å². The molecule has 0 atom stereocenters. The highest BCUT2D eigenvalue weighted by atomic mass is 32.2. The zero-order valence-corrected chi connectivity index (χ0v) is 15.4. The summed E-state index contributed by atoms with van der Waals surface area (Å²) in [6.07, 6.45) is 0. The summed E-state index contributed by atoms with van der Waals surface area (Å²) in [6.45, 7) is 4.13. The van der Waals surface area contributed by atoms with E-state index in [0.717, 1.165) is 9.75 Å². The van der Waals surface area contributed by atoms with Gasteiger partial charge in [-0.15, -0.1) is 11.3 Å². The lowest BCUT2D eigenvalue weighted by atomic mass is 10.2. The average molecular weight is 378 g/mol. The Balaban J connectivity index is 1.64. The molecule has 0 aliphatic carbocycles. The third kappa shape index (κ3) is 3.89. The van der Waals surface area contributed by atoms with E-state index in [0.29, 0.717) is 28.3 Å². The van der Waals surface area contributed by atoms with E-state index in [4.69, 9.17) is 0 Å². The number of aromatic nitrogens is 2. The number of anilines is 1. The van der Waals surface area contributed by atoms with Gasteiger partial charge in [0.25, 0.3) is 5.56 Å². The van der Waals surface area contributed by atoms with Crippen molar-refractivity contribution in [1.29, 1.82) is 0 Å². The topological polar surface area (TPSA) is 104 Å². The van der Waals surface area contributed by atoms with Crippen LogP contribution in [-0.4, -0.2) is 31.5 Å². The first-order valence-corrected chi connectivity index (χ1v) is 9.96. The molecule has 0 saturated carbocycles. The number of nitrogens with zero attached hydrogens (tertiary/aromatic N) is 1. The number of hydrogen-bond acceptors (Lipinski definition) is 6. The standard InChI is InChI=1S/C16H18N4O3S2/c1-10-9-14(11(2)24-10)25(22,23)18-8-7-17-16-19-13-6-4-3-5-12(13)15(21)20-16/h3-6,9,18H,7-8H2,1-2H3,(H2,17,19,20,21). The van der Waals surface area contributed by atoms with Gasteiger partial charge in [0.05, 0.1) is 15.8 Å². The van der Waals surface area contributed by atoms with E-state index < -0.39 is 10.0 Å². The molecule has 0 bridgehead atoms. The number of aromatic amines is 1. The quantitative estimate of drug-likeness (QED) is 0.569. The molecule has 7 nitrogen and oxygen atoms in total. The second-order valence-electron chi connectivity index (χ2n) is 5.53. The lowest BCUT2D eigenvalue weighted by Crippen LogP contribution is -2.29. The van der Waals surface area contributed by atoms with Crippen molar-refractivity contribution in [1.82, 2.24) is 14.7 Å². The number of para-hydroxylation sites is 1. The van der Waals surface area contributed by atoms with E-state index in [2.05, 4.69) is 20.0 Å². The minimum absolute atomic E-state index is 0.174. The first kappa shape index (κ1) is 17.6. The van der Waals surface area contributed by atoms with Gasteiger partial charge < -0.3 is 5.32 Å². The predicted molar refractivity (Wildman–Crippen MR) is 99.8 cm³/mol. The Bertz CT molecular complexity index is 1070. The third-order valence-electron chi connectivity index (χ3n) is 3.61. The summed E-state index contributed by atoms with van der Waals surface area (Å²) in [6, 6.07) is 8.69. The number of hydrogen-bond donors (Lipinski definition) is 3. The van der Waals surface area contributed by atoms with Crippen molar-refractivity contribution in [3.8, 4) is 0 Å². The minimum atomic E-state index is -3.54. The van der Waals surface area contributed by atoms with E-state index in [1.165, 1.54) is 11.3 Å². The highest BCUT2D eigenvalue weighted by molar-refractivity contribution is 7.89. The molecule has 2 heterocycles. The summed E-state index contributed by atoms with van der Waals surface area (Å²) in [5, 5.41) is 3.44. The number of benzene rings is 1. The highest BCUT2D eigenvalue weighted by Gasteiger charge is 2.18. The predicted octanol–water partition coefficient (Wildman–Crippen LogP) is 1.99. The van der Waals surface area contributed by atoms with Gasteiger partial charge in [-0.2, -0.15) is 0 Å². The average Bonchev–Trinajstić information content (AvgIpc) is 2.91. The van der Waals surface area contributed by atoms with Crippen LogP contribution in [0.3, 0.4) is 0 Å². The first-order valence-electron chi connectivity index (χ1n) is 7.66. The molecule has 3 N–H and O–H groups in total. The molecule has 0 radical (unpaired) electrons. The fourth-order valence-electron chi connectivity index (χ4n) is 2.49. The summed E-state index contributed by atoms with van der Waals surface area (Å²) >= 11 is 1.45. The van der Waals surface area contributed by atoms with Crippen LogP contribution in [0.15, 0.2) is 40.0 Å². The molecule has 0 unspecified atom stereocenters. The molecule has 0 spiro atoms. The van der Waals surface area contributed by atoms with Crippen LogP contribution < -0.4 is 15.6 Å². The molecule has 132 valence electrons. The molecule has 0 amide bonds. The van der Waals surface area contributed by atoms with Crippen molar-refractivity contribution in [3.63, 3.8) is 0 Å². The highest BCUT2D eigenvalue weighted by Crippen LogP contribution is 2.24. The Morgan fingerprint density at radius 1 is 1.20 bits per heavy atom. The monoisotopic (exact) mass is 378 g/mol. The van der Waals surface area contributed by atoms with Gasteiger partial charge in [-0.1, -0.05) is 12.1 Å². The smallest absolute Gasteiger partial charge is 0.260 e. The maximum atomic E-state index is 12.3. The molecule has 0 fully saturated rings. The van der Waals surface area contributed by atoms with Gasteiger partial charge in [0.1, 0.15) is 0 Å². The summed E-state index contributed by atoms with van der Waals surface area (Å²) in [5.41, 5.74) is 0.344. The van der Waals surface area contributed by atoms with Crippen LogP contribution in [0, 0.1) is 13.8 Å². The molecule has 9 heteroatoms. The zero-order valence-electron chi connectivity index (χ0n) is 13.8. The number of thiophene rings is 1. The summed E-state index contributed by atoms with van der Waals surface area (Å²) < 4.78 is 27.1. The van der Waals surface area contributed by atoms with Gasteiger partial charge in [0.15, 0.2) is 0 Å². The summed E-state index contributed by atoms with van der Waals surface area (Å²) in [7, 11) is -3.54. The Morgan fingerprint density at radius 3 is 2.68 bits per heavy atom. The largest absolute Gasteiger partial charge is 0.354 e. The number of sulfonamides is 1. The van der Waals surface area contributed by atoms with Gasteiger partial charge >= 0.3 is 0 Å². The van der Waals surface area contributed by atoms with Crippen LogP contribution in [0.4, 0.5) is 5.95 Å². The Labute approximate surface area is 149 Å². The summed E-state index contributed by atoms with van der Waals surface area (Å²) in [4.78, 5) is 20.9. The minimum Gasteiger partial charge on any atom is -0.354 e. The third-order valence-corrected chi connectivity index (χ3v) is 6.29. The maximum absolute atomic E-state index is 12.3. The van der Waals surface area contributed by atoms with E-state index >= 15 is 0 Å². The molecule has 2 aromatic heterocycles. The number of aryl methyl sites for hydroxylation is 2. The molecular weight excluding hydrogens is 360 g/mol. The fourth-order valence-corrected chi connectivity index (χ4v) is 5.07. The molecular formula is C16H18N4O3S2. The molecule has 0 aliphatic heterocycles. The van der Waals surface area contributed by atoms with Crippen molar-refractivity contribution in [3.05, 3.63) is 50.4 Å². The molecule has 3 rings (SSSR count). The van der Waals surface area contributed by atoms with Gasteiger partial charge in [-0.25, -0.2) is 18.1 Å². The fraction of sp³-hybridized carbons (Fsp3) is 0.250. The van der Waals surface area contributed by atoms with Crippen LogP contribution in [-0.2, 0) is 10.0 Å². The molecule has 1 aromatic carbocycles. The Morgan fingerprint density at radius 2 is 1.96 bits per heavy atom. The number of fused-ring (bicyclic) bond motifs is 1. The van der Waals surface area contributed by atoms with E-state index in [9.17, 15) is 13.2 Å². The molecule has 3 aromatic rings. The normalized spacial score (nSPS) is 11.8.